The number of amides is 2. The lowest BCUT2D eigenvalue weighted by molar-refractivity contribution is -0.153. The minimum Gasteiger partial charge on any atom is -0.482 e. The first-order valence-corrected chi connectivity index (χ1v) is 8.38. The number of benzene rings is 2. The Bertz CT molecular complexity index is 775. The van der Waals surface area contributed by atoms with Gasteiger partial charge in [-0.15, -0.1) is 0 Å². The summed E-state index contributed by atoms with van der Waals surface area (Å²) in [6, 6.07) is 16.1. The van der Waals surface area contributed by atoms with Crippen LogP contribution in [-0.2, 0) is 19.1 Å². The van der Waals surface area contributed by atoms with Crippen molar-refractivity contribution in [2.45, 2.75) is 6.92 Å². The third-order valence-corrected chi connectivity index (χ3v) is 3.60. The van der Waals surface area contributed by atoms with Gasteiger partial charge in [0.15, 0.2) is 13.2 Å². The molecule has 2 amide bonds. The van der Waals surface area contributed by atoms with Crippen LogP contribution in [0.1, 0.15) is 5.56 Å². The quantitative estimate of drug-likeness (QED) is 0.719. The number of para-hydroxylation sites is 1. The van der Waals surface area contributed by atoms with Gasteiger partial charge in [-0.05, 0) is 31.2 Å². The van der Waals surface area contributed by atoms with Crippen molar-refractivity contribution in [3.63, 3.8) is 0 Å². The van der Waals surface area contributed by atoms with E-state index in [0.717, 1.165) is 5.56 Å². The highest BCUT2D eigenvalue weighted by Crippen LogP contribution is 2.09. The number of nitrogens with zero attached hydrogens (tertiary/aromatic N) is 1. The molecule has 2 rings (SSSR count). The van der Waals surface area contributed by atoms with Gasteiger partial charge in [0.05, 0.1) is 6.54 Å². The van der Waals surface area contributed by atoms with Crippen molar-refractivity contribution in [3.05, 3.63) is 60.2 Å². The predicted octanol–water partition coefficient (Wildman–Crippen LogP) is 2.01. The summed E-state index contributed by atoms with van der Waals surface area (Å²) < 4.78 is 10.1. The molecule has 0 aliphatic carbocycles. The van der Waals surface area contributed by atoms with E-state index >= 15 is 0 Å². The summed E-state index contributed by atoms with van der Waals surface area (Å²) in [7, 11) is 1.46. The molecular formula is C20H22N2O5. The van der Waals surface area contributed by atoms with Crippen molar-refractivity contribution < 1.29 is 23.9 Å². The minimum absolute atomic E-state index is 0.148. The number of likely N-dealkylation sites (N-methyl/N-ethyl adjacent to an activating group) is 1. The highest BCUT2D eigenvalue weighted by molar-refractivity contribution is 5.94. The second kappa shape index (κ2) is 9.96. The molecule has 0 spiro atoms. The fourth-order valence-electron chi connectivity index (χ4n) is 2.09. The largest absolute Gasteiger partial charge is 0.482 e. The molecule has 7 nitrogen and oxygen atoms in total. The first-order chi connectivity index (χ1) is 12.9. The van der Waals surface area contributed by atoms with Gasteiger partial charge in [-0.2, -0.15) is 0 Å². The summed E-state index contributed by atoms with van der Waals surface area (Å²) in [5, 5.41) is 2.70. The van der Waals surface area contributed by atoms with Crippen LogP contribution >= 0.6 is 0 Å². The molecule has 0 bridgehead atoms. The van der Waals surface area contributed by atoms with Gasteiger partial charge in [0.1, 0.15) is 5.75 Å². The molecule has 0 aliphatic heterocycles. The molecule has 0 aromatic heterocycles. The van der Waals surface area contributed by atoms with Gasteiger partial charge in [-0.25, -0.2) is 4.79 Å². The Kier molecular flexibility index (Phi) is 7.37. The zero-order valence-electron chi connectivity index (χ0n) is 15.3. The molecule has 2 aromatic carbocycles. The highest BCUT2D eigenvalue weighted by atomic mass is 16.6. The number of hydrogen-bond donors (Lipinski definition) is 1. The Balaban J connectivity index is 1.69. The molecule has 0 heterocycles. The van der Waals surface area contributed by atoms with E-state index < -0.39 is 18.5 Å². The maximum atomic E-state index is 12.0. The number of esters is 1. The molecule has 7 heteroatoms. The molecule has 142 valence electrons. The fourth-order valence-corrected chi connectivity index (χ4v) is 2.09. The Morgan fingerprint density at radius 1 is 0.963 bits per heavy atom. The van der Waals surface area contributed by atoms with Crippen LogP contribution in [0.5, 0.6) is 5.75 Å². The number of ether oxygens (including phenoxy) is 2. The maximum absolute atomic E-state index is 12.0. The highest BCUT2D eigenvalue weighted by Gasteiger charge is 2.15. The second-order valence-electron chi connectivity index (χ2n) is 5.93. The predicted molar refractivity (Wildman–Crippen MR) is 100 cm³/mol. The van der Waals surface area contributed by atoms with Crippen molar-refractivity contribution in [3.8, 4) is 5.75 Å². The molecule has 0 fully saturated rings. The number of anilines is 1. The van der Waals surface area contributed by atoms with Crippen molar-refractivity contribution in [2.75, 3.05) is 32.1 Å². The topological polar surface area (TPSA) is 84.9 Å². The lowest BCUT2D eigenvalue weighted by atomic mass is 10.2. The van der Waals surface area contributed by atoms with Crippen LogP contribution in [0.2, 0.25) is 0 Å². The van der Waals surface area contributed by atoms with E-state index in [0.29, 0.717) is 11.4 Å². The molecule has 0 unspecified atom stereocenters. The number of carbonyl (C=O) groups is 3. The van der Waals surface area contributed by atoms with E-state index in [2.05, 4.69) is 5.32 Å². The molecule has 0 atom stereocenters. The van der Waals surface area contributed by atoms with E-state index in [1.54, 1.807) is 36.4 Å². The van der Waals surface area contributed by atoms with Crippen LogP contribution in [-0.4, -0.2) is 49.5 Å². The summed E-state index contributed by atoms with van der Waals surface area (Å²) >= 11 is 0. The van der Waals surface area contributed by atoms with Gasteiger partial charge >= 0.3 is 5.97 Å². The lowest BCUT2D eigenvalue weighted by Crippen LogP contribution is -2.37. The second-order valence-corrected chi connectivity index (χ2v) is 5.93. The Labute approximate surface area is 157 Å². The van der Waals surface area contributed by atoms with E-state index in [-0.39, 0.29) is 19.1 Å². The molecule has 0 radical (unpaired) electrons. The fraction of sp³-hybridized carbons (Fsp3) is 0.250. The van der Waals surface area contributed by atoms with Crippen molar-refractivity contribution in [2.24, 2.45) is 0 Å². The van der Waals surface area contributed by atoms with Crippen LogP contribution in [0.3, 0.4) is 0 Å². The average molecular weight is 370 g/mol. The van der Waals surface area contributed by atoms with E-state index in [1.807, 2.05) is 25.1 Å². The first kappa shape index (κ1) is 20.0. The number of nitrogens with one attached hydrogen (secondary N) is 1. The number of hydrogen-bond acceptors (Lipinski definition) is 5. The number of aryl methyl sites for hydroxylation is 1. The van der Waals surface area contributed by atoms with Gasteiger partial charge in [-0.1, -0.05) is 35.9 Å². The summed E-state index contributed by atoms with van der Waals surface area (Å²) in [4.78, 5) is 36.8. The van der Waals surface area contributed by atoms with E-state index in [4.69, 9.17) is 9.47 Å². The van der Waals surface area contributed by atoms with E-state index in [9.17, 15) is 14.4 Å². The van der Waals surface area contributed by atoms with Crippen LogP contribution in [0.25, 0.3) is 0 Å². The Morgan fingerprint density at radius 3 is 2.30 bits per heavy atom. The average Bonchev–Trinajstić information content (AvgIpc) is 2.67. The van der Waals surface area contributed by atoms with Gasteiger partial charge in [0.25, 0.3) is 5.91 Å². The van der Waals surface area contributed by atoms with Gasteiger partial charge in [0.2, 0.25) is 5.91 Å². The molecule has 0 aliphatic rings. The van der Waals surface area contributed by atoms with E-state index in [1.165, 1.54) is 11.9 Å². The molecule has 1 N–H and O–H groups in total. The van der Waals surface area contributed by atoms with Crippen molar-refractivity contribution in [1.82, 2.24) is 4.90 Å². The summed E-state index contributed by atoms with van der Waals surface area (Å²) in [5.74, 6) is -0.953. The third kappa shape index (κ3) is 7.19. The Hall–Kier alpha value is -3.35. The zero-order chi connectivity index (χ0) is 19.6. The zero-order valence-corrected chi connectivity index (χ0v) is 15.3. The molecule has 27 heavy (non-hydrogen) atoms. The summed E-state index contributed by atoms with van der Waals surface area (Å²) in [6.07, 6.45) is 0. The molecule has 0 saturated carbocycles. The number of rotatable bonds is 8. The van der Waals surface area contributed by atoms with Gasteiger partial charge < -0.3 is 19.7 Å². The van der Waals surface area contributed by atoms with Crippen LogP contribution < -0.4 is 10.1 Å². The Morgan fingerprint density at radius 2 is 1.63 bits per heavy atom. The van der Waals surface area contributed by atoms with Crippen LogP contribution in [0.4, 0.5) is 5.69 Å². The third-order valence-electron chi connectivity index (χ3n) is 3.60. The van der Waals surface area contributed by atoms with Gasteiger partial charge in [-0.3, -0.25) is 9.59 Å². The SMILES string of the molecule is Cc1ccc(NC(=O)CN(C)C(=O)COC(=O)COc2ccccc2)cc1. The first-order valence-electron chi connectivity index (χ1n) is 8.38. The monoisotopic (exact) mass is 370 g/mol. The normalized spacial score (nSPS) is 10.0. The molecule has 2 aromatic rings. The lowest BCUT2D eigenvalue weighted by Gasteiger charge is -2.17. The van der Waals surface area contributed by atoms with Crippen molar-refractivity contribution in [1.29, 1.82) is 0 Å². The van der Waals surface area contributed by atoms with Crippen LogP contribution in [0.15, 0.2) is 54.6 Å². The maximum Gasteiger partial charge on any atom is 0.344 e. The molecule has 0 saturated heterocycles. The minimum atomic E-state index is -0.662. The standard InChI is InChI=1S/C20H22N2O5/c1-15-8-10-16(11-9-15)21-18(23)12-22(2)19(24)13-27-20(25)14-26-17-6-4-3-5-7-17/h3-11H,12-14H2,1-2H3,(H,21,23). The number of carbonyl (C=O) groups excluding carboxylic acids is 3. The summed E-state index contributed by atoms with van der Waals surface area (Å²) in [6.45, 7) is 1.05. The molecular weight excluding hydrogens is 348 g/mol. The smallest absolute Gasteiger partial charge is 0.344 e. The van der Waals surface area contributed by atoms with Gasteiger partial charge in [0, 0.05) is 12.7 Å². The van der Waals surface area contributed by atoms with Crippen molar-refractivity contribution >= 4 is 23.5 Å². The summed E-state index contributed by atoms with van der Waals surface area (Å²) in [5.41, 5.74) is 1.73. The van der Waals surface area contributed by atoms with Crippen LogP contribution in [0, 0.1) is 6.92 Å².